The van der Waals surface area contributed by atoms with Crippen LogP contribution >= 0.6 is 11.3 Å². The first kappa shape index (κ1) is 18.6. The molecule has 0 fully saturated rings. The van der Waals surface area contributed by atoms with Crippen LogP contribution in [-0.2, 0) is 21.4 Å². The van der Waals surface area contributed by atoms with Crippen LogP contribution in [0.25, 0.3) is 0 Å². The van der Waals surface area contributed by atoms with Gasteiger partial charge in [0.05, 0.1) is 4.90 Å². The second-order valence-corrected chi connectivity index (χ2v) is 8.45. The Morgan fingerprint density at radius 2 is 1.92 bits per heavy atom. The predicted molar refractivity (Wildman–Crippen MR) is 97.6 cm³/mol. The van der Waals surface area contributed by atoms with E-state index in [9.17, 15) is 13.2 Å². The maximum atomic E-state index is 12.9. The smallest absolute Gasteiger partial charge is 0.243 e. The lowest BCUT2D eigenvalue weighted by atomic mass is 10.3. The monoisotopic (exact) mass is 366 g/mol. The molecule has 0 atom stereocenters. The van der Waals surface area contributed by atoms with Gasteiger partial charge in [-0.05, 0) is 42.1 Å². The third kappa shape index (κ3) is 4.90. The number of carbonyl (C=O) groups is 1. The molecule has 0 aliphatic rings. The molecule has 7 heteroatoms. The van der Waals surface area contributed by atoms with Gasteiger partial charge in [-0.25, -0.2) is 8.42 Å². The lowest BCUT2D eigenvalue weighted by Crippen LogP contribution is -2.31. The fraction of sp³-hybridized carbons (Fsp3) is 0.353. The number of sulfonamides is 1. The molecule has 0 aliphatic carbocycles. The highest BCUT2D eigenvalue weighted by molar-refractivity contribution is 7.89. The molecule has 130 valence electrons. The number of nitrogens with zero attached hydrogens (tertiary/aromatic N) is 1. The van der Waals surface area contributed by atoms with E-state index in [1.807, 2.05) is 24.4 Å². The van der Waals surface area contributed by atoms with Crippen LogP contribution < -0.4 is 5.32 Å². The molecule has 2 rings (SSSR count). The number of hydrogen-bond acceptors (Lipinski definition) is 4. The van der Waals surface area contributed by atoms with Gasteiger partial charge in [0.25, 0.3) is 0 Å². The van der Waals surface area contributed by atoms with Gasteiger partial charge >= 0.3 is 0 Å². The second-order valence-electron chi connectivity index (χ2n) is 5.48. The van der Waals surface area contributed by atoms with Crippen LogP contribution in [0.1, 0.15) is 31.6 Å². The Morgan fingerprint density at radius 1 is 1.21 bits per heavy atom. The van der Waals surface area contributed by atoms with Crippen molar-refractivity contribution in [3.63, 3.8) is 0 Å². The molecule has 0 saturated carbocycles. The molecule has 1 N–H and O–H groups in total. The van der Waals surface area contributed by atoms with Crippen LogP contribution in [-0.4, -0.2) is 25.2 Å². The average Bonchev–Trinajstić information content (AvgIpc) is 3.04. The molecule has 0 bridgehead atoms. The summed E-state index contributed by atoms with van der Waals surface area (Å²) >= 11 is 1.55. The SMILES string of the molecule is CCCCN(Cc1cccs1)S(=O)(=O)c1ccc(NC(C)=O)cc1. The number of carbonyl (C=O) groups excluding carboxylic acids is 1. The van der Waals surface area contributed by atoms with Crippen molar-refractivity contribution in [1.82, 2.24) is 4.31 Å². The van der Waals surface area contributed by atoms with Gasteiger partial charge in [0.1, 0.15) is 0 Å². The Labute approximate surface area is 147 Å². The number of nitrogens with one attached hydrogen (secondary N) is 1. The molecular weight excluding hydrogens is 344 g/mol. The molecule has 0 radical (unpaired) electrons. The number of hydrogen-bond donors (Lipinski definition) is 1. The van der Waals surface area contributed by atoms with Crippen molar-refractivity contribution in [3.8, 4) is 0 Å². The van der Waals surface area contributed by atoms with Crippen LogP contribution in [0.2, 0.25) is 0 Å². The first-order valence-corrected chi connectivity index (χ1v) is 10.2. The molecule has 1 heterocycles. The van der Waals surface area contributed by atoms with Gasteiger partial charge in [0.15, 0.2) is 0 Å². The standard InChI is InChI=1S/C17H22N2O3S2/c1-3-4-11-19(13-16-6-5-12-23-16)24(21,22)17-9-7-15(8-10-17)18-14(2)20/h5-10,12H,3-4,11,13H2,1-2H3,(H,18,20). The highest BCUT2D eigenvalue weighted by Gasteiger charge is 2.24. The first-order chi connectivity index (χ1) is 11.4. The third-order valence-electron chi connectivity index (χ3n) is 3.49. The number of benzene rings is 1. The highest BCUT2D eigenvalue weighted by atomic mass is 32.2. The Morgan fingerprint density at radius 3 is 2.46 bits per heavy atom. The third-order valence-corrected chi connectivity index (χ3v) is 6.21. The van der Waals surface area contributed by atoms with Crippen LogP contribution in [0, 0.1) is 0 Å². The molecule has 0 unspecified atom stereocenters. The molecule has 1 aromatic carbocycles. The molecule has 5 nitrogen and oxygen atoms in total. The van der Waals surface area contributed by atoms with E-state index in [0.717, 1.165) is 17.7 Å². The van der Waals surface area contributed by atoms with E-state index in [1.54, 1.807) is 23.5 Å². The quantitative estimate of drug-likeness (QED) is 0.775. The Bertz CT molecular complexity index is 754. The normalized spacial score (nSPS) is 11.6. The van der Waals surface area contributed by atoms with Crippen LogP contribution in [0.4, 0.5) is 5.69 Å². The molecule has 1 aromatic heterocycles. The topological polar surface area (TPSA) is 66.5 Å². The number of anilines is 1. The Kier molecular flexibility index (Phi) is 6.53. The molecule has 2 aromatic rings. The summed E-state index contributed by atoms with van der Waals surface area (Å²) in [6.07, 6.45) is 1.74. The van der Waals surface area contributed by atoms with Gasteiger partial charge in [-0.2, -0.15) is 4.31 Å². The van der Waals surface area contributed by atoms with E-state index in [0.29, 0.717) is 18.8 Å². The Hall–Kier alpha value is -1.70. The molecular formula is C17H22N2O3S2. The molecule has 24 heavy (non-hydrogen) atoms. The minimum absolute atomic E-state index is 0.187. The summed E-state index contributed by atoms with van der Waals surface area (Å²) in [5, 5.41) is 4.58. The lowest BCUT2D eigenvalue weighted by Gasteiger charge is -2.21. The van der Waals surface area contributed by atoms with Crippen molar-refractivity contribution in [2.45, 2.75) is 38.1 Å². The summed E-state index contributed by atoms with van der Waals surface area (Å²) in [6.45, 7) is 4.33. The molecule has 0 spiro atoms. The zero-order chi connectivity index (χ0) is 17.6. The van der Waals surface area contributed by atoms with Crippen molar-refractivity contribution in [2.24, 2.45) is 0 Å². The zero-order valence-electron chi connectivity index (χ0n) is 13.9. The van der Waals surface area contributed by atoms with Gasteiger partial charge in [-0.3, -0.25) is 4.79 Å². The number of unbranched alkanes of at least 4 members (excludes halogenated alkanes) is 1. The van der Waals surface area contributed by atoms with E-state index in [-0.39, 0.29) is 10.8 Å². The van der Waals surface area contributed by atoms with E-state index >= 15 is 0 Å². The van der Waals surface area contributed by atoms with Crippen LogP contribution in [0.15, 0.2) is 46.7 Å². The fourth-order valence-electron chi connectivity index (χ4n) is 2.26. The summed E-state index contributed by atoms with van der Waals surface area (Å²) in [5.41, 5.74) is 0.583. The summed E-state index contributed by atoms with van der Waals surface area (Å²) in [4.78, 5) is 12.3. The van der Waals surface area contributed by atoms with E-state index in [2.05, 4.69) is 5.32 Å². The minimum Gasteiger partial charge on any atom is -0.326 e. The van der Waals surface area contributed by atoms with Gasteiger partial charge < -0.3 is 5.32 Å². The number of rotatable bonds is 8. The average molecular weight is 367 g/mol. The van der Waals surface area contributed by atoms with E-state index in [1.165, 1.54) is 23.4 Å². The van der Waals surface area contributed by atoms with Crippen LogP contribution in [0.3, 0.4) is 0 Å². The van der Waals surface area contributed by atoms with E-state index < -0.39 is 10.0 Å². The van der Waals surface area contributed by atoms with Gasteiger partial charge in [-0.1, -0.05) is 19.4 Å². The molecule has 1 amide bonds. The van der Waals surface area contributed by atoms with E-state index in [4.69, 9.17) is 0 Å². The largest absolute Gasteiger partial charge is 0.326 e. The maximum absolute atomic E-state index is 12.9. The summed E-state index contributed by atoms with van der Waals surface area (Å²) in [5.74, 6) is -0.187. The van der Waals surface area contributed by atoms with Crippen molar-refractivity contribution >= 4 is 33.0 Å². The van der Waals surface area contributed by atoms with Crippen molar-refractivity contribution < 1.29 is 13.2 Å². The highest BCUT2D eigenvalue weighted by Crippen LogP contribution is 2.22. The van der Waals surface area contributed by atoms with Crippen molar-refractivity contribution in [3.05, 3.63) is 46.7 Å². The van der Waals surface area contributed by atoms with Crippen molar-refractivity contribution in [2.75, 3.05) is 11.9 Å². The van der Waals surface area contributed by atoms with Gasteiger partial charge in [0.2, 0.25) is 15.9 Å². The summed E-state index contributed by atoms with van der Waals surface area (Å²) in [6, 6.07) is 10.2. The molecule has 0 saturated heterocycles. The Balaban J connectivity index is 2.23. The van der Waals surface area contributed by atoms with Crippen LogP contribution in [0.5, 0.6) is 0 Å². The predicted octanol–water partition coefficient (Wildman–Crippen LogP) is 3.70. The zero-order valence-corrected chi connectivity index (χ0v) is 15.5. The van der Waals surface area contributed by atoms with Gasteiger partial charge in [0, 0.05) is 30.6 Å². The lowest BCUT2D eigenvalue weighted by molar-refractivity contribution is -0.114. The van der Waals surface area contributed by atoms with Gasteiger partial charge in [-0.15, -0.1) is 11.3 Å². The number of amides is 1. The minimum atomic E-state index is -3.57. The molecule has 0 aliphatic heterocycles. The fourth-order valence-corrected chi connectivity index (χ4v) is 4.52. The second kappa shape index (κ2) is 8.41. The maximum Gasteiger partial charge on any atom is 0.243 e. The summed E-state index contributed by atoms with van der Waals surface area (Å²) in [7, 11) is -3.57. The first-order valence-electron chi connectivity index (χ1n) is 7.83. The number of thiophene rings is 1. The summed E-state index contributed by atoms with van der Waals surface area (Å²) < 4.78 is 27.4. The van der Waals surface area contributed by atoms with Crippen molar-refractivity contribution in [1.29, 1.82) is 0 Å².